The third-order valence-corrected chi connectivity index (χ3v) is 2.53. The summed E-state index contributed by atoms with van der Waals surface area (Å²) in [6.45, 7) is 1.80. The molecule has 2 aromatic rings. The zero-order chi connectivity index (χ0) is 13.8. The predicted molar refractivity (Wildman–Crippen MR) is 59.9 cm³/mol. The number of nitrogens with one attached hydrogen (secondary N) is 2. The average Bonchev–Trinajstić information content (AvgIpc) is 2.82. The van der Waals surface area contributed by atoms with Crippen LogP contribution in [0, 0.1) is 0 Å². The van der Waals surface area contributed by atoms with Crippen LogP contribution < -0.4 is 11.2 Å². The van der Waals surface area contributed by atoms with E-state index < -0.39 is 17.2 Å². The zero-order valence-corrected chi connectivity index (χ0v) is 10.3. The molecule has 2 aromatic heterocycles. The summed E-state index contributed by atoms with van der Waals surface area (Å²) in [6.07, 6.45) is 0. The number of esters is 1. The minimum absolute atomic E-state index is 0.0758. The van der Waals surface area contributed by atoms with Crippen molar-refractivity contribution in [1.29, 1.82) is 0 Å². The highest BCUT2D eigenvalue weighted by Crippen LogP contribution is 2.20. The summed E-state index contributed by atoms with van der Waals surface area (Å²) in [4.78, 5) is 35.4. The summed E-state index contributed by atoms with van der Waals surface area (Å²) in [5.41, 5.74) is -1.43. The molecule has 10 nitrogen and oxygen atoms in total. The summed E-state index contributed by atoms with van der Waals surface area (Å²) in [5, 5.41) is 12.4. The Balaban J connectivity index is 2.18. The first-order valence-electron chi connectivity index (χ1n) is 4.97. The number of rotatable bonds is 4. The third-order valence-electron chi connectivity index (χ3n) is 1.72. The second kappa shape index (κ2) is 5.48. The lowest BCUT2D eigenvalue weighted by Crippen LogP contribution is -2.24. The summed E-state index contributed by atoms with van der Waals surface area (Å²) < 4.78 is 9.62. The molecule has 19 heavy (non-hydrogen) atoms. The molecule has 0 aliphatic carbocycles. The number of hydrogen-bond acceptors (Lipinski definition) is 9. The standard InChI is InChI=1S/C8H7N5O5S/c1-2-17-6(15)4-10-13-8(18-4)19-5-3(14)9-7(16)12-11-5/h2H2,1H3,(H2,9,12,14,16). The van der Waals surface area contributed by atoms with Crippen LogP contribution in [0.4, 0.5) is 0 Å². The van der Waals surface area contributed by atoms with Crippen molar-refractivity contribution in [3.05, 3.63) is 26.7 Å². The van der Waals surface area contributed by atoms with Crippen molar-refractivity contribution >= 4 is 17.7 Å². The van der Waals surface area contributed by atoms with Crippen molar-refractivity contribution in [3.8, 4) is 0 Å². The summed E-state index contributed by atoms with van der Waals surface area (Å²) in [5.74, 6) is -1.09. The molecule has 11 heteroatoms. The molecule has 2 rings (SSSR count). The molecular formula is C8H7N5O5S. The van der Waals surface area contributed by atoms with Crippen LogP contribution in [0.25, 0.3) is 0 Å². The minimum Gasteiger partial charge on any atom is -0.459 e. The van der Waals surface area contributed by atoms with Crippen molar-refractivity contribution in [2.24, 2.45) is 0 Å². The lowest BCUT2D eigenvalue weighted by atomic mass is 10.7. The molecule has 0 bridgehead atoms. The number of aromatic amines is 2. The largest absolute Gasteiger partial charge is 0.459 e. The molecule has 2 heterocycles. The molecule has 0 saturated carbocycles. The van der Waals surface area contributed by atoms with E-state index in [1.165, 1.54) is 0 Å². The lowest BCUT2D eigenvalue weighted by molar-refractivity contribution is 0.0475. The van der Waals surface area contributed by atoms with Crippen molar-refractivity contribution < 1.29 is 13.9 Å². The molecule has 0 aromatic carbocycles. The minimum atomic E-state index is -0.759. The first-order chi connectivity index (χ1) is 9.10. The molecule has 0 radical (unpaired) electrons. The third kappa shape index (κ3) is 3.07. The van der Waals surface area contributed by atoms with E-state index in [9.17, 15) is 14.4 Å². The number of ether oxygens (including phenoxy) is 1. The van der Waals surface area contributed by atoms with Gasteiger partial charge in [0, 0.05) is 0 Å². The molecule has 0 aliphatic rings. The fourth-order valence-corrected chi connectivity index (χ4v) is 1.62. The van der Waals surface area contributed by atoms with Gasteiger partial charge in [0.1, 0.15) is 0 Å². The molecule has 2 N–H and O–H groups in total. The van der Waals surface area contributed by atoms with Gasteiger partial charge in [0.25, 0.3) is 10.8 Å². The Hall–Kier alpha value is -2.43. The normalized spacial score (nSPS) is 10.4. The second-order valence-corrected chi connectivity index (χ2v) is 3.95. The average molecular weight is 285 g/mol. The number of H-pyrrole nitrogens is 2. The van der Waals surface area contributed by atoms with Gasteiger partial charge in [-0.2, -0.15) is 5.10 Å². The molecule has 100 valence electrons. The Morgan fingerprint density at radius 2 is 2.21 bits per heavy atom. The fraction of sp³-hybridized carbons (Fsp3) is 0.250. The van der Waals surface area contributed by atoms with E-state index >= 15 is 0 Å². The molecule has 0 amide bonds. The number of nitrogens with zero attached hydrogens (tertiary/aromatic N) is 3. The molecule has 0 saturated heterocycles. The van der Waals surface area contributed by atoms with Gasteiger partial charge in [-0.1, -0.05) is 5.10 Å². The number of hydrogen-bond donors (Lipinski definition) is 2. The first-order valence-corrected chi connectivity index (χ1v) is 5.79. The van der Waals surface area contributed by atoms with Gasteiger partial charge in [-0.25, -0.2) is 14.7 Å². The van der Waals surface area contributed by atoms with Gasteiger partial charge in [0.05, 0.1) is 6.61 Å². The van der Waals surface area contributed by atoms with E-state index in [2.05, 4.69) is 20.0 Å². The Bertz CT molecular complexity index is 704. The molecule has 0 fully saturated rings. The molecular weight excluding hydrogens is 278 g/mol. The van der Waals surface area contributed by atoms with E-state index in [1.54, 1.807) is 6.92 Å². The summed E-state index contributed by atoms with van der Waals surface area (Å²) in [6, 6.07) is 0. The Kier molecular flexibility index (Phi) is 3.75. The number of carbonyl (C=O) groups is 1. The topological polar surface area (TPSA) is 144 Å². The van der Waals surface area contributed by atoms with E-state index in [-0.39, 0.29) is 22.7 Å². The number of carbonyl (C=O) groups excluding carboxylic acids is 1. The van der Waals surface area contributed by atoms with Crippen molar-refractivity contribution in [3.63, 3.8) is 0 Å². The monoisotopic (exact) mass is 285 g/mol. The van der Waals surface area contributed by atoms with Gasteiger partial charge in [-0.15, -0.1) is 5.10 Å². The number of aromatic nitrogens is 5. The molecule has 0 spiro atoms. The van der Waals surface area contributed by atoms with Crippen LogP contribution in [-0.2, 0) is 4.74 Å². The first kappa shape index (κ1) is 13.0. The Morgan fingerprint density at radius 1 is 1.42 bits per heavy atom. The van der Waals surface area contributed by atoms with E-state index in [0.717, 1.165) is 0 Å². The second-order valence-electron chi connectivity index (χ2n) is 3.01. The summed E-state index contributed by atoms with van der Waals surface area (Å²) in [7, 11) is 0. The van der Waals surface area contributed by atoms with E-state index in [4.69, 9.17) is 4.42 Å². The van der Waals surface area contributed by atoms with Crippen LogP contribution in [0.5, 0.6) is 0 Å². The maximum Gasteiger partial charge on any atom is 0.396 e. The van der Waals surface area contributed by atoms with Crippen LogP contribution in [0.15, 0.2) is 24.3 Å². The zero-order valence-electron chi connectivity index (χ0n) is 9.50. The van der Waals surface area contributed by atoms with Crippen LogP contribution in [0.1, 0.15) is 17.6 Å². The van der Waals surface area contributed by atoms with Gasteiger partial charge in [0.15, 0.2) is 5.03 Å². The quantitative estimate of drug-likeness (QED) is 0.687. The predicted octanol–water partition coefficient (Wildman–Crippen LogP) is -0.831. The maximum absolute atomic E-state index is 11.3. The van der Waals surface area contributed by atoms with Crippen LogP contribution in [0.3, 0.4) is 0 Å². The van der Waals surface area contributed by atoms with Gasteiger partial charge in [-0.05, 0) is 18.7 Å². The van der Waals surface area contributed by atoms with Crippen LogP contribution in [0.2, 0.25) is 0 Å². The Labute approximate surface area is 108 Å². The fourth-order valence-electron chi connectivity index (χ4n) is 1.02. The van der Waals surface area contributed by atoms with E-state index in [0.29, 0.717) is 11.8 Å². The van der Waals surface area contributed by atoms with Crippen LogP contribution in [-0.4, -0.2) is 38.0 Å². The van der Waals surface area contributed by atoms with Crippen molar-refractivity contribution in [1.82, 2.24) is 25.4 Å². The smallest absolute Gasteiger partial charge is 0.396 e. The lowest BCUT2D eigenvalue weighted by Gasteiger charge is -1.94. The summed E-state index contributed by atoms with van der Waals surface area (Å²) >= 11 is 0.706. The Morgan fingerprint density at radius 3 is 2.89 bits per heavy atom. The maximum atomic E-state index is 11.3. The van der Waals surface area contributed by atoms with Gasteiger partial charge in [-0.3, -0.25) is 9.78 Å². The molecule has 0 unspecified atom stereocenters. The highest BCUT2D eigenvalue weighted by atomic mass is 32.2. The molecule has 0 aliphatic heterocycles. The van der Waals surface area contributed by atoms with Crippen molar-refractivity contribution in [2.45, 2.75) is 17.2 Å². The van der Waals surface area contributed by atoms with Gasteiger partial charge < -0.3 is 9.15 Å². The van der Waals surface area contributed by atoms with Crippen LogP contribution >= 0.6 is 11.8 Å². The molecule has 0 atom stereocenters. The van der Waals surface area contributed by atoms with E-state index in [1.807, 2.05) is 10.1 Å². The SMILES string of the molecule is CCOC(=O)c1nnc(Sc2n[nH]c(=O)[nH]c2=O)o1. The van der Waals surface area contributed by atoms with Crippen molar-refractivity contribution in [2.75, 3.05) is 6.61 Å². The van der Waals surface area contributed by atoms with Gasteiger partial charge >= 0.3 is 17.5 Å². The highest BCUT2D eigenvalue weighted by Gasteiger charge is 2.18. The van der Waals surface area contributed by atoms with Gasteiger partial charge in [0.2, 0.25) is 0 Å². The highest BCUT2D eigenvalue weighted by molar-refractivity contribution is 7.99.